The van der Waals surface area contributed by atoms with Gasteiger partial charge in [-0.1, -0.05) is 42.5 Å². The highest BCUT2D eigenvalue weighted by Gasteiger charge is 2.23. The first-order chi connectivity index (χ1) is 16.2. The van der Waals surface area contributed by atoms with Crippen LogP contribution in [0, 0.1) is 0 Å². The molecule has 0 saturated carbocycles. The third kappa shape index (κ3) is 4.82. The number of thiocarbonyl (C=S) groups is 1. The van der Waals surface area contributed by atoms with E-state index in [-0.39, 0.29) is 5.91 Å². The van der Waals surface area contributed by atoms with Gasteiger partial charge in [0.25, 0.3) is 0 Å². The van der Waals surface area contributed by atoms with Gasteiger partial charge in [-0.05, 0) is 79.9 Å². The number of fused-ring (bicyclic) bond motifs is 3. The molecule has 0 bridgehead atoms. The monoisotopic (exact) mass is 471 g/mol. The van der Waals surface area contributed by atoms with E-state index in [1.165, 1.54) is 23.1 Å². The Labute approximate surface area is 203 Å². The SMILES string of the molecule is O=C(CSc1cccc(NC(=S)Nc2ccccc2)c1)n1c2c(c3ccccc31)CCCC2. The number of carbonyl (C=O) groups is 1. The normalized spacial score (nSPS) is 12.8. The maximum absolute atomic E-state index is 13.3. The lowest BCUT2D eigenvalue weighted by atomic mass is 9.96. The summed E-state index contributed by atoms with van der Waals surface area (Å²) in [5.41, 5.74) is 5.45. The number of carbonyl (C=O) groups excluding carboxylic acids is 1. The first kappa shape index (κ1) is 21.7. The maximum atomic E-state index is 13.3. The highest BCUT2D eigenvalue weighted by atomic mass is 32.2. The Morgan fingerprint density at radius 2 is 1.61 bits per heavy atom. The van der Waals surface area contributed by atoms with Crippen molar-refractivity contribution in [2.24, 2.45) is 0 Å². The highest BCUT2D eigenvalue weighted by molar-refractivity contribution is 8.00. The zero-order chi connectivity index (χ0) is 22.6. The predicted molar refractivity (Wildman–Crippen MR) is 143 cm³/mol. The van der Waals surface area contributed by atoms with Crippen molar-refractivity contribution in [2.45, 2.75) is 30.6 Å². The van der Waals surface area contributed by atoms with Crippen LogP contribution in [0.5, 0.6) is 0 Å². The molecule has 0 unspecified atom stereocenters. The number of hydrogen-bond donors (Lipinski definition) is 2. The van der Waals surface area contributed by atoms with E-state index in [0.29, 0.717) is 10.9 Å². The number of para-hydroxylation sites is 2. The fourth-order valence-corrected chi connectivity index (χ4v) is 5.51. The Hall–Kier alpha value is -3.09. The van der Waals surface area contributed by atoms with Gasteiger partial charge >= 0.3 is 0 Å². The summed E-state index contributed by atoms with van der Waals surface area (Å²) >= 11 is 6.99. The van der Waals surface area contributed by atoms with Crippen LogP contribution in [0.25, 0.3) is 10.9 Å². The third-order valence-electron chi connectivity index (χ3n) is 5.91. The van der Waals surface area contributed by atoms with Crippen LogP contribution in [0.1, 0.15) is 28.9 Å². The van der Waals surface area contributed by atoms with Gasteiger partial charge in [-0.2, -0.15) is 0 Å². The van der Waals surface area contributed by atoms with Gasteiger partial charge in [-0.3, -0.25) is 9.36 Å². The molecule has 0 aliphatic heterocycles. The predicted octanol–water partition coefficient (Wildman–Crippen LogP) is 6.76. The van der Waals surface area contributed by atoms with E-state index in [1.54, 1.807) is 11.8 Å². The van der Waals surface area contributed by atoms with E-state index in [4.69, 9.17) is 12.2 Å². The van der Waals surface area contributed by atoms with Crippen LogP contribution in [0.2, 0.25) is 0 Å². The molecule has 0 spiro atoms. The van der Waals surface area contributed by atoms with Gasteiger partial charge in [0.15, 0.2) is 5.11 Å². The molecular weight excluding hydrogens is 446 g/mol. The van der Waals surface area contributed by atoms with Crippen LogP contribution in [0.15, 0.2) is 83.8 Å². The Balaban J connectivity index is 1.28. The first-order valence-electron chi connectivity index (χ1n) is 11.2. The van der Waals surface area contributed by atoms with E-state index >= 15 is 0 Å². The molecule has 1 aliphatic carbocycles. The largest absolute Gasteiger partial charge is 0.332 e. The Bertz CT molecular complexity index is 1310. The minimum Gasteiger partial charge on any atom is -0.332 e. The van der Waals surface area contributed by atoms with Gasteiger partial charge in [-0.25, -0.2) is 0 Å². The van der Waals surface area contributed by atoms with Gasteiger partial charge in [0.2, 0.25) is 5.91 Å². The molecule has 0 saturated heterocycles. The van der Waals surface area contributed by atoms with Crippen LogP contribution in [-0.2, 0) is 12.8 Å². The summed E-state index contributed by atoms with van der Waals surface area (Å²) in [6.45, 7) is 0. The molecule has 5 rings (SSSR count). The maximum Gasteiger partial charge on any atom is 0.241 e. The molecule has 3 aromatic carbocycles. The number of rotatable bonds is 5. The van der Waals surface area contributed by atoms with Crippen molar-refractivity contribution in [1.29, 1.82) is 0 Å². The van der Waals surface area contributed by atoms with Gasteiger partial charge in [0.05, 0.1) is 11.3 Å². The number of nitrogens with zero attached hydrogens (tertiary/aromatic N) is 1. The molecule has 4 aromatic rings. The zero-order valence-corrected chi connectivity index (χ0v) is 19.8. The molecule has 2 N–H and O–H groups in total. The minimum absolute atomic E-state index is 0.138. The van der Waals surface area contributed by atoms with Gasteiger partial charge < -0.3 is 10.6 Å². The summed E-state index contributed by atoms with van der Waals surface area (Å²) in [5, 5.41) is 8.17. The van der Waals surface area contributed by atoms with Crippen LogP contribution < -0.4 is 10.6 Å². The lowest BCUT2D eigenvalue weighted by molar-refractivity contribution is 0.0943. The third-order valence-corrected chi connectivity index (χ3v) is 7.10. The lowest BCUT2D eigenvalue weighted by Gasteiger charge is -2.15. The zero-order valence-electron chi connectivity index (χ0n) is 18.2. The number of hydrogen-bond acceptors (Lipinski definition) is 3. The standard InChI is InChI=1S/C27H25N3OS2/c31-26(30-24-15-6-4-13-22(24)23-14-5-7-16-25(23)30)18-33-21-12-8-11-20(17-21)29-27(32)28-19-9-2-1-3-10-19/h1-4,6,8-13,15,17H,5,7,14,16,18H2,(H2,28,29,32). The van der Waals surface area contributed by atoms with Crippen molar-refractivity contribution >= 4 is 57.3 Å². The van der Waals surface area contributed by atoms with E-state index in [0.717, 1.165) is 41.0 Å². The molecule has 0 fully saturated rings. The van der Waals surface area contributed by atoms with E-state index in [1.807, 2.05) is 65.2 Å². The molecule has 4 nitrogen and oxygen atoms in total. The van der Waals surface area contributed by atoms with Crippen molar-refractivity contribution in [3.63, 3.8) is 0 Å². The number of thioether (sulfide) groups is 1. The first-order valence-corrected chi connectivity index (χ1v) is 12.6. The number of anilines is 2. The second-order valence-electron chi connectivity index (χ2n) is 8.14. The van der Waals surface area contributed by atoms with Crippen LogP contribution in [0.4, 0.5) is 11.4 Å². The summed E-state index contributed by atoms with van der Waals surface area (Å²) in [6, 6.07) is 26.1. The second-order valence-corrected chi connectivity index (χ2v) is 9.60. The number of benzene rings is 3. The fraction of sp³-hybridized carbons (Fsp3) is 0.185. The van der Waals surface area contributed by atoms with Crippen LogP contribution >= 0.6 is 24.0 Å². The Kier molecular flexibility index (Phi) is 6.46. The summed E-state index contributed by atoms with van der Waals surface area (Å²) in [4.78, 5) is 14.4. The molecule has 166 valence electrons. The van der Waals surface area contributed by atoms with E-state index in [9.17, 15) is 4.79 Å². The van der Waals surface area contributed by atoms with Gasteiger partial charge in [0, 0.05) is 27.4 Å². The molecule has 1 heterocycles. The van der Waals surface area contributed by atoms with E-state index in [2.05, 4.69) is 28.8 Å². The summed E-state index contributed by atoms with van der Waals surface area (Å²) in [7, 11) is 0. The molecule has 6 heteroatoms. The minimum atomic E-state index is 0.138. The number of nitrogens with one attached hydrogen (secondary N) is 2. The van der Waals surface area contributed by atoms with Crippen molar-refractivity contribution in [3.8, 4) is 0 Å². The molecule has 1 aliphatic rings. The summed E-state index contributed by atoms with van der Waals surface area (Å²) in [6.07, 6.45) is 4.39. The van der Waals surface area contributed by atoms with Crippen molar-refractivity contribution in [2.75, 3.05) is 16.4 Å². The second kappa shape index (κ2) is 9.81. The molecular formula is C27H25N3OS2. The smallest absolute Gasteiger partial charge is 0.241 e. The Morgan fingerprint density at radius 3 is 2.48 bits per heavy atom. The fourth-order valence-electron chi connectivity index (χ4n) is 4.47. The van der Waals surface area contributed by atoms with Gasteiger partial charge in [-0.15, -0.1) is 11.8 Å². The average Bonchev–Trinajstić information content (AvgIpc) is 3.18. The topological polar surface area (TPSA) is 46.1 Å². The highest BCUT2D eigenvalue weighted by Crippen LogP contribution is 2.33. The van der Waals surface area contributed by atoms with Crippen molar-refractivity contribution in [3.05, 3.63) is 90.1 Å². The van der Waals surface area contributed by atoms with Crippen molar-refractivity contribution < 1.29 is 4.79 Å². The molecule has 1 aromatic heterocycles. The summed E-state index contributed by atoms with van der Waals surface area (Å²) < 4.78 is 1.97. The molecule has 33 heavy (non-hydrogen) atoms. The number of aryl methyl sites for hydroxylation is 1. The van der Waals surface area contributed by atoms with Crippen LogP contribution in [-0.4, -0.2) is 21.3 Å². The molecule has 0 atom stereocenters. The average molecular weight is 472 g/mol. The lowest BCUT2D eigenvalue weighted by Crippen LogP contribution is -2.19. The van der Waals surface area contributed by atoms with Crippen LogP contribution in [0.3, 0.4) is 0 Å². The summed E-state index contributed by atoms with van der Waals surface area (Å²) in [5.74, 6) is 0.528. The molecule has 0 amide bonds. The van der Waals surface area contributed by atoms with E-state index < -0.39 is 0 Å². The number of aromatic nitrogens is 1. The molecule has 0 radical (unpaired) electrons. The quantitative estimate of drug-likeness (QED) is 0.249. The van der Waals surface area contributed by atoms with Crippen molar-refractivity contribution in [1.82, 2.24) is 4.57 Å². The van der Waals surface area contributed by atoms with Gasteiger partial charge in [0.1, 0.15) is 0 Å². The Morgan fingerprint density at radius 1 is 0.879 bits per heavy atom.